The molecular formula is C24H21ClN4O4S2. The van der Waals surface area contributed by atoms with E-state index < -0.39 is 15.9 Å². The van der Waals surface area contributed by atoms with Crippen molar-refractivity contribution in [2.45, 2.75) is 23.5 Å². The van der Waals surface area contributed by atoms with Gasteiger partial charge in [-0.3, -0.25) is 19.6 Å². The molecule has 2 N–H and O–H groups in total. The number of aryl methyl sites for hydroxylation is 1. The summed E-state index contributed by atoms with van der Waals surface area (Å²) in [6.45, 7) is 2.09. The molecule has 0 atom stereocenters. The lowest BCUT2D eigenvalue weighted by Crippen LogP contribution is -2.42. The van der Waals surface area contributed by atoms with E-state index in [1.54, 1.807) is 30.3 Å². The van der Waals surface area contributed by atoms with E-state index in [2.05, 4.69) is 15.2 Å². The van der Waals surface area contributed by atoms with Crippen LogP contribution in [0.3, 0.4) is 0 Å². The number of amides is 1. The first-order valence-corrected chi connectivity index (χ1v) is 13.3. The Morgan fingerprint density at radius 1 is 1.06 bits per heavy atom. The Morgan fingerprint density at radius 3 is 2.49 bits per heavy atom. The number of thioether (sulfide) groups is 1. The quantitative estimate of drug-likeness (QED) is 0.206. The second-order valence-electron chi connectivity index (χ2n) is 7.69. The molecule has 35 heavy (non-hydrogen) atoms. The van der Waals surface area contributed by atoms with Crippen LogP contribution in [0.1, 0.15) is 11.1 Å². The summed E-state index contributed by atoms with van der Waals surface area (Å²) in [5, 5.41) is 1.11. The van der Waals surface area contributed by atoms with Crippen molar-refractivity contribution in [3.63, 3.8) is 0 Å². The Hall–Kier alpha value is -3.18. The van der Waals surface area contributed by atoms with Crippen LogP contribution in [0, 0.1) is 6.92 Å². The number of carbonyl (C=O) groups is 1. The average Bonchev–Trinajstić information content (AvgIpc) is 2.85. The van der Waals surface area contributed by atoms with E-state index in [0.717, 1.165) is 22.9 Å². The molecule has 0 aliphatic heterocycles. The predicted molar refractivity (Wildman–Crippen MR) is 137 cm³/mol. The maximum absolute atomic E-state index is 13.2. The average molecular weight is 529 g/mol. The maximum Gasteiger partial charge on any atom is 0.262 e. The van der Waals surface area contributed by atoms with E-state index in [4.69, 9.17) is 11.6 Å². The first-order chi connectivity index (χ1) is 16.7. The standard InChI is InChI=1S/C24H21ClN4O4S2/c1-16-7-10-19(11-8-16)35(32,33)28-27-22(30)15-34-24-26-21-12-9-18(25)13-20(21)23(31)29(24)14-17-5-3-2-4-6-17/h2-13,28H,14-15H2,1H3,(H,27,30). The fourth-order valence-corrected chi connectivity index (χ4v) is 5.09. The summed E-state index contributed by atoms with van der Waals surface area (Å²) in [4.78, 5) is 32.3. The Labute approximate surface area is 211 Å². The normalized spacial score (nSPS) is 11.5. The van der Waals surface area contributed by atoms with Gasteiger partial charge in [-0.05, 0) is 42.8 Å². The number of carbonyl (C=O) groups excluding carboxylic acids is 1. The highest BCUT2D eigenvalue weighted by Crippen LogP contribution is 2.21. The largest absolute Gasteiger partial charge is 0.283 e. The van der Waals surface area contributed by atoms with Crippen molar-refractivity contribution < 1.29 is 13.2 Å². The number of hydrogen-bond donors (Lipinski definition) is 2. The molecule has 4 rings (SSSR count). The molecule has 180 valence electrons. The molecule has 0 aliphatic carbocycles. The van der Waals surface area contributed by atoms with Crippen LogP contribution in [0.4, 0.5) is 0 Å². The Bertz CT molecular complexity index is 1540. The third kappa shape index (κ3) is 6.09. The van der Waals surface area contributed by atoms with E-state index in [-0.39, 0.29) is 22.8 Å². The van der Waals surface area contributed by atoms with Crippen LogP contribution in [0.25, 0.3) is 10.9 Å². The molecule has 0 radical (unpaired) electrons. The molecule has 0 unspecified atom stereocenters. The molecule has 0 spiro atoms. The number of nitrogens with zero attached hydrogens (tertiary/aromatic N) is 2. The smallest absolute Gasteiger partial charge is 0.262 e. The first-order valence-electron chi connectivity index (χ1n) is 10.5. The minimum absolute atomic E-state index is 0.0302. The van der Waals surface area contributed by atoms with E-state index in [1.165, 1.54) is 16.7 Å². The van der Waals surface area contributed by atoms with Gasteiger partial charge in [-0.1, -0.05) is 71.4 Å². The summed E-state index contributed by atoms with van der Waals surface area (Å²) in [5.41, 5.74) is 4.16. The third-order valence-corrected chi connectivity index (χ3v) is 7.53. The molecule has 0 saturated carbocycles. The van der Waals surface area contributed by atoms with Gasteiger partial charge in [0.05, 0.1) is 28.1 Å². The van der Waals surface area contributed by atoms with Crippen molar-refractivity contribution in [3.05, 3.63) is 99.3 Å². The van der Waals surface area contributed by atoms with Crippen molar-refractivity contribution >= 4 is 50.2 Å². The van der Waals surface area contributed by atoms with Gasteiger partial charge in [0, 0.05) is 5.02 Å². The molecule has 0 fully saturated rings. The SMILES string of the molecule is Cc1ccc(S(=O)(=O)NNC(=O)CSc2nc3ccc(Cl)cc3c(=O)n2Cc2ccccc2)cc1. The van der Waals surface area contributed by atoms with Crippen LogP contribution in [-0.2, 0) is 21.4 Å². The molecule has 1 aromatic heterocycles. The van der Waals surface area contributed by atoms with Gasteiger partial charge < -0.3 is 0 Å². The summed E-state index contributed by atoms with van der Waals surface area (Å²) in [6, 6.07) is 20.5. The highest BCUT2D eigenvalue weighted by atomic mass is 35.5. The van der Waals surface area contributed by atoms with Crippen molar-refractivity contribution in [2.24, 2.45) is 0 Å². The van der Waals surface area contributed by atoms with Crippen LogP contribution in [0.15, 0.2) is 87.6 Å². The zero-order valence-corrected chi connectivity index (χ0v) is 21.0. The second-order valence-corrected chi connectivity index (χ2v) is 10.7. The Balaban J connectivity index is 1.53. The number of hydrogen-bond acceptors (Lipinski definition) is 6. The number of nitrogens with one attached hydrogen (secondary N) is 2. The summed E-state index contributed by atoms with van der Waals surface area (Å²) in [5.74, 6) is -0.765. The van der Waals surface area contributed by atoms with Gasteiger partial charge in [-0.25, -0.2) is 13.4 Å². The minimum atomic E-state index is -3.92. The molecule has 0 bridgehead atoms. The van der Waals surface area contributed by atoms with E-state index in [0.29, 0.717) is 21.1 Å². The lowest BCUT2D eigenvalue weighted by molar-refractivity contribution is -0.119. The van der Waals surface area contributed by atoms with Gasteiger partial charge in [0.15, 0.2) is 5.16 Å². The first kappa shape index (κ1) is 24.9. The van der Waals surface area contributed by atoms with E-state index in [1.807, 2.05) is 37.3 Å². The van der Waals surface area contributed by atoms with Crippen molar-refractivity contribution in [2.75, 3.05) is 5.75 Å². The molecule has 0 aliphatic rings. The lowest BCUT2D eigenvalue weighted by Gasteiger charge is -2.14. The molecular weight excluding hydrogens is 508 g/mol. The molecule has 4 aromatic rings. The van der Waals surface area contributed by atoms with Gasteiger partial charge >= 0.3 is 0 Å². The fourth-order valence-electron chi connectivity index (χ4n) is 3.25. The van der Waals surface area contributed by atoms with Crippen molar-refractivity contribution in [1.82, 2.24) is 19.8 Å². The molecule has 1 amide bonds. The van der Waals surface area contributed by atoms with Gasteiger partial charge in [0.25, 0.3) is 15.6 Å². The van der Waals surface area contributed by atoms with E-state index in [9.17, 15) is 18.0 Å². The van der Waals surface area contributed by atoms with Crippen LogP contribution in [-0.4, -0.2) is 29.6 Å². The van der Waals surface area contributed by atoms with E-state index >= 15 is 0 Å². The van der Waals surface area contributed by atoms with Crippen LogP contribution in [0.2, 0.25) is 5.02 Å². The molecule has 0 saturated heterocycles. The number of aromatic nitrogens is 2. The van der Waals surface area contributed by atoms with Gasteiger partial charge in [0.2, 0.25) is 5.91 Å². The highest BCUT2D eigenvalue weighted by Gasteiger charge is 2.17. The van der Waals surface area contributed by atoms with Crippen LogP contribution < -0.4 is 15.8 Å². The summed E-state index contributed by atoms with van der Waals surface area (Å²) in [6.07, 6.45) is 0. The monoisotopic (exact) mass is 528 g/mol. The summed E-state index contributed by atoms with van der Waals surface area (Å²) < 4.78 is 26.3. The predicted octanol–water partition coefficient (Wildman–Crippen LogP) is 3.51. The molecule has 11 heteroatoms. The van der Waals surface area contributed by atoms with Gasteiger partial charge in [0.1, 0.15) is 0 Å². The van der Waals surface area contributed by atoms with Crippen molar-refractivity contribution in [1.29, 1.82) is 0 Å². The zero-order valence-electron chi connectivity index (χ0n) is 18.6. The zero-order chi connectivity index (χ0) is 25.0. The number of sulfonamides is 1. The summed E-state index contributed by atoms with van der Waals surface area (Å²) in [7, 11) is -3.92. The third-order valence-electron chi connectivity index (χ3n) is 5.05. The molecule has 1 heterocycles. The van der Waals surface area contributed by atoms with Gasteiger partial charge in [-0.15, -0.1) is 4.83 Å². The number of fused-ring (bicyclic) bond motifs is 1. The summed E-state index contributed by atoms with van der Waals surface area (Å²) >= 11 is 7.11. The Kier molecular flexibility index (Phi) is 7.56. The minimum Gasteiger partial charge on any atom is -0.283 e. The fraction of sp³-hybridized carbons (Fsp3) is 0.125. The topological polar surface area (TPSA) is 110 Å². The number of rotatable bonds is 8. The van der Waals surface area contributed by atoms with Crippen LogP contribution >= 0.6 is 23.4 Å². The van der Waals surface area contributed by atoms with Crippen molar-refractivity contribution in [3.8, 4) is 0 Å². The number of halogens is 1. The molecule has 8 nitrogen and oxygen atoms in total. The maximum atomic E-state index is 13.2. The number of hydrazine groups is 1. The molecule has 3 aromatic carbocycles. The lowest BCUT2D eigenvalue weighted by atomic mass is 10.2. The Morgan fingerprint density at radius 2 is 1.77 bits per heavy atom. The highest BCUT2D eigenvalue weighted by molar-refractivity contribution is 7.99. The van der Waals surface area contributed by atoms with Gasteiger partial charge in [-0.2, -0.15) is 0 Å². The second kappa shape index (κ2) is 10.6. The van der Waals surface area contributed by atoms with Crippen LogP contribution in [0.5, 0.6) is 0 Å². The number of benzene rings is 3.